The van der Waals surface area contributed by atoms with Crippen LogP contribution in [0, 0.1) is 12.8 Å². The molecule has 0 bridgehead atoms. The molecular weight excluding hydrogens is 234 g/mol. The number of nitrogens with one attached hydrogen (secondary N) is 1. The summed E-state index contributed by atoms with van der Waals surface area (Å²) in [6.45, 7) is 5.98. The zero-order valence-electron chi connectivity index (χ0n) is 10.9. The van der Waals surface area contributed by atoms with Crippen molar-refractivity contribution >= 4 is 9.84 Å². The Morgan fingerprint density at radius 2 is 1.71 bits per heavy atom. The molecule has 1 aromatic rings. The standard InChI is InChI=1S/C13H21NO2S/c1-10(2)13(14-4)9-17(15,16)12-7-5-11(3)6-8-12/h5-8,10,13-14H,9H2,1-4H3. The van der Waals surface area contributed by atoms with E-state index in [1.54, 1.807) is 19.2 Å². The Kier molecular flexibility index (Phi) is 4.71. The predicted molar refractivity (Wildman–Crippen MR) is 70.9 cm³/mol. The van der Waals surface area contributed by atoms with E-state index in [1.165, 1.54) is 0 Å². The van der Waals surface area contributed by atoms with Crippen LogP contribution >= 0.6 is 0 Å². The molecule has 0 radical (unpaired) electrons. The third-order valence-corrected chi connectivity index (χ3v) is 4.74. The fourth-order valence-corrected chi connectivity index (χ4v) is 3.45. The average Bonchev–Trinajstić information content (AvgIpc) is 2.26. The van der Waals surface area contributed by atoms with Crippen LogP contribution in [-0.4, -0.2) is 27.3 Å². The summed E-state index contributed by atoms with van der Waals surface area (Å²) < 4.78 is 24.4. The van der Waals surface area contributed by atoms with Crippen molar-refractivity contribution in [3.63, 3.8) is 0 Å². The van der Waals surface area contributed by atoms with Gasteiger partial charge in [0.25, 0.3) is 0 Å². The second-order valence-corrected chi connectivity index (χ2v) is 6.77. The first kappa shape index (κ1) is 14.2. The van der Waals surface area contributed by atoms with Crippen LogP contribution < -0.4 is 5.32 Å². The van der Waals surface area contributed by atoms with Crippen molar-refractivity contribution in [1.82, 2.24) is 5.32 Å². The van der Waals surface area contributed by atoms with Crippen molar-refractivity contribution in [2.45, 2.75) is 31.7 Å². The summed E-state index contributed by atoms with van der Waals surface area (Å²) in [6.07, 6.45) is 0. The lowest BCUT2D eigenvalue weighted by atomic mass is 10.1. The van der Waals surface area contributed by atoms with E-state index in [0.717, 1.165) is 5.56 Å². The van der Waals surface area contributed by atoms with Crippen LogP contribution in [0.5, 0.6) is 0 Å². The topological polar surface area (TPSA) is 46.2 Å². The van der Waals surface area contributed by atoms with Gasteiger partial charge in [-0.25, -0.2) is 8.42 Å². The van der Waals surface area contributed by atoms with Crippen LogP contribution in [0.4, 0.5) is 0 Å². The van der Waals surface area contributed by atoms with Crippen molar-refractivity contribution in [3.8, 4) is 0 Å². The first-order valence-corrected chi connectivity index (χ1v) is 7.48. The van der Waals surface area contributed by atoms with E-state index in [9.17, 15) is 8.42 Å². The lowest BCUT2D eigenvalue weighted by Crippen LogP contribution is -2.37. The minimum Gasteiger partial charge on any atom is -0.316 e. The molecule has 0 amide bonds. The van der Waals surface area contributed by atoms with Gasteiger partial charge in [0, 0.05) is 6.04 Å². The van der Waals surface area contributed by atoms with Crippen LogP contribution in [-0.2, 0) is 9.84 Å². The van der Waals surface area contributed by atoms with E-state index < -0.39 is 9.84 Å². The second-order valence-electron chi connectivity index (χ2n) is 4.73. The summed E-state index contributed by atoms with van der Waals surface area (Å²) in [7, 11) is -1.39. The van der Waals surface area contributed by atoms with Crippen LogP contribution in [0.2, 0.25) is 0 Å². The Balaban J connectivity index is 2.92. The fraction of sp³-hybridized carbons (Fsp3) is 0.538. The SMILES string of the molecule is CNC(CS(=O)(=O)c1ccc(C)cc1)C(C)C. The third-order valence-electron chi connectivity index (χ3n) is 2.95. The van der Waals surface area contributed by atoms with Crippen molar-refractivity contribution < 1.29 is 8.42 Å². The second kappa shape index (κ2) is 5.65. The highest BCUT2D eigenvalue weighted by Crippen LogP contribution is 2.15. The number of benzene rings is 1. The molecule has 0 aliphatic heterocycles. The van der Waals surface area contributed by atoms with Gasteiger partial charge >= 0.3 is 0 Å². The molecule has 1 N–H and O–H groups in total. The number of hydrogen-bond donors (Lipinski definition) is 1. The zero-order valence-corrected chi connectivity index (χ0v) is 11.7. The molecule has 0 fully saturated rings. The molecule has 1 rings (SSSR count). The van der Waals surface area contributed by atoms with Gasteiger partial charge < -0.3 is 5.32 Å². The van der Waals surface area contributed by atoms with Gasteiger partial charge in [0.1, 0.15) is 0 Å². The number of aryl methyl sites for hydroxylation is 1. The van der Waals surface area contributed by atoms with Crippen molar-refractivity contribution in [2.75, 3.05) is 12.8 Å². The molecule has 3 nitrogen and oxygen atoms in total. The van der Waals surface area contributed by atoms with Crippen LogP contribution in [0.3, 0.4) is 0 Å². The van der Waals surface area contributed by atoms with E-state index in [2.05, 4.69) is 5.32 Å². The summed E-state index contributed by atoms with van der Waals surface area (Å²) in [5.74, 6) is 0.435. The van der Waals surface area contributed by atoms with Gasteiger partial charge in [-0.1, -0.05) is 31.5 Å². The van der Waals surface area contributed by atoms with Crippen molar-refractivity contribution in [3.05, 3.63) is 29.8 Å². The molecule has 0 saturated carbocycles. The maximum Gasteiger partial charge on any atom is 0.179 e. The van der Waals surface area contributed by atoms with Gasteiger partial charge in [0.05, 0.1) is 10.6 Å². The van der Waals surface area contributed by atoms with E-state index in [0.29, 0.717) is 10.8 Å². The summed E-state index contributed by atoms with van der Waals surface area (Å²) in [6, 6.07) is 7.00. The van der Waals surface area contributed by atoms with E-state index in [1.807, 2.05) is 32.9 Å². The van der Waals surface area contributed by atoms with E-state index in [4.69, 9.17) is 0 Å². The van der Waals surface area contributed by atoms with Gasteiger partial charge in [-0.05, 0) is 32.0 Å². The van der Waals surface area contributed by atoms with Crippen molar-refractivity contribution in [1.29, 1.82) is 0 Å². The van der Waals surface area contributed by atoms with Crippen LogP contribution in [0.1, 0.15) is 19.4 Å². The lowest BCUT2D eigenvalue weighted by molar-refractivity contribution is 0.455. The molecule has 1 aromatic carbocycles. The zero-order chi connectivity index (χ0) is 13.1. The molecule has 4 heteroatoms. The number of rotatable bonds is 5. The molecule has 1 atom stereocenters. The van der Waals surface area contributed by atoms with Crippen molar-refractivity contribution in [2.24, 2.45) is 5.92 Å². The molecule has 0 heterocycles. The monoisotopic (exact) mass is 255 g/mol. The maximum absolute atomic E-state index is 12.2. The van der Waals surface area contributed by atoms with Crippen LogP contribution in [0.25, 0.3) is 0 Å². The van der Waals surface area contributed by atoms with Gasteiger partial charge in [0.15, 0.2) is 9.84 Å². The Morgan fingerprint density at radius 1 is 1.18 bits per heavy atom. The Labute approximate surface area is 104 Å². The molecule has 0 aliphatic rings. The fourth-order valence-electron chi connectivity index (χ4n) is 1.69. The Morgan fingerprint density at radius 3 is 2.12 bits per heavy atom. The molecule has 0 saturated heterocycles. The van der Waals surface area contributed by atoms with Gasteiger partial charge in [-0.15, -0.1) is 0 Å². The maximum atomic E-state index is 12.2. The van der Waals surface area contributed by atoms with Gasteiger partial charge in [-0.2, -0.15) is 0 Å². The highest BCUT2D eigenvalue weighted by atomic mass is 32.2. The predicted octanol–water partition coefficient (Wildman–Crippen LogP) is 2.01. The summed E-state index contributed by atoms with van der Waals surface area (Å²) >= 11 is 0. The smallest absolute Gasteiger partial charge is 0.179 e. The summed E-state index contributed by atoms with van der Waals surface area (Å²) in [5.41, 5.74) is 1.07. The van der Waals surface area contributed by atoms with Crippen LogP contribution in [0.15, 0.2) is 29.2 Å². The first-order valence-electron chi connectivity index (χ1n) is 5.83. The highest BCUT2D eigenvalue weighted by Gasteiger charge is 2.22. The molecule has 0 aromatic heterocycles. The Hall–Kier alpha value is -0.870. The van der Waals surface area contributed by atoms with E-state index in [-0.39, 0.29) is 11.8 Å². The minimum atomic E-state index is -3.20. The van der Waals surface area contributed by atoms with Gasteiger partial charge in [-0.3, -0.25) is 0 Å². The molecule has 96 valence electrons. The summed E-state index contributed by atoms with van der Waals surface area (Å²) in [5, 5.41) is 3.06. The molecule has 17 heavy (non-hydrogen) atoms. The highest BCUT2D eigenvalue weighted by molar-refractivity contribution is 7.91. The molecular formula is C13H21NO2S. The quantitative estimate of drug-likeness (QED) is 0.875. The summed E-state index contributed by atoms with van der Waals surface area (Å²) in [4.78, 5) is 0.406. The lowest BCUT2D eigenvalue weighted by Gasteiger charge is -2.20. The number of sulfone groups is 1. The normalized spacial score (nSPS) is 13.9. The van der Waals surface area contributed by atoms with E-state index >= 15 is 0 Å². The third kappa shape index (κ3) is 3.82. The largest absolute Gasteiger partial charge is 0.316 e. The minimum absolute atomic E-state index is 0.0127. The number of hydrogen-bond acceptors (Lipinski definition) is 3. The average molecular weight is 255 g/mol. The molecule has 1 unspecified atom stereocenters. The Bertz CT molecular complexity index is 449. The molecule has 0 spiro atoms. The first-order chi connectivity index (χ1) is 7.86. The molecule has 0 aliphatic carbocycles. The van der Waals surface area contributed by atoms with Gasteiger partial charge in [0.2, 0.25) is 0 Å².